The van der Waals surface area contributed by atoms with Crippen LogP contribution in [-0.4, -0.2) is 9.97 Å². The molecule has 1 N–H and O–H groups in total. The SMILES string of the molecule is Cc1nccnc1C(C)Nc1ccc(Br)c(F)c1. The zero-order valence-electron chi connectivity index (χ0n) is 10.1. The second-order valence-corrected chi connectivity index (χ2v) is 4.88. The maximum Gasteiger partial charge on any atom is 0.139 e. The van der Waals surface area contributed by atoms with E-state index >= 15 is 0 Å². The first-order valence-electron chi connectivity index (χ1n) is 5.57. The van der Waals surface area contributed by atoms with Crippen LogP contribution in [0.2, 0.25) is 0 Å². The summed E-state index contributed by atoms with van der Waals surface area (Å²) >= 11 is 3.13. The topological polar surface area (TPSA) is 37.8 Å². The average Bonchev–Trinajstić information content (AvgIpc) is 2.34. The Morgan fingerprint density at radius 1 is 1.28 bits per heavy atom. The highest BCUT2D eigenvalue weighted by Crippen LogP contribution is 2.23. The minimum Gasteiger partial charge on any atom is -0.377 e. The predicted octanol–water partition coefficient (Wildman–Crippen LogP) is 3.86. The lowest BCUT2D eigenvalue weighted by atomic mass is 10.1. The zero-order chi connectivity index (χ0) is 13.1. The molecule has 5 heteroatoms. The van der Waals surface area contributed by atoms with E-state index in [0.29, 0.717) is 10.2 Å². The standard InChI is InChI=1S/C13H13BrFN3/c1-8-13(17-6-5-16-8)9(2)18-10-3-4-11(14)12(15)7-10/h3-7,9,18H,1-2H3. The Bertz CT molecular complexity index is 560. The van der Waals surface area contributed by atoms with E-state index in [0.717, 1.165) is 11.4 Å². The van der Waals surface area contributed by atoms with Crippen molar-refractivity contribution < 1.29 is 4.39 Å². The Morgan fingerprint density at radius 2 is 2.00 bits per heavy atom. The van der Waals surface area contributed by atoms with E-state index in [1.807, 2.05) is 19.9 Å². The third kappa shape index (κ3) is 2.85. The summed E-state index contributed by atoms with van der Waals surface area (Å²) in [5.74, 6) is -0.289. The van der Waals surface area contributed by atoms with Crippen LogP contribution in [0.15, 0.2) is 35.1 Å². The van der Waals surface area contributed by atoms with Gasteiger partial charge in [0.25, 0.3) is 0 Å². The molecule has 0 fully saturated rings. The number of aromatic nitrogens is 2. The molecule has 0 aliphatic rings. The summed E-state index contributed by atoms with van der Waals surface area (Å²) in [5.41, 5.74) is 2.45. The molecule has 0 bridgehead atoms. The molecule has 18 heavy (non-hydrogen) atoms. The fourth-order valence-electron chi connectivity index (χ4n) is 1.75. The fraction of sp³-hybridized carbons (Fsp3) is 0.231. The van der Waals surface area contributed by atoms with Crippen LogP contribution in [0.4, 0.5) is 10.1 Å². The Labute approximate surface area is 114 Å². The van der Waals surface area contributed by atoms with Crippen molar-refractivity contribution in [2.75, 3.05) is 5.32 Å². The normalized spacial score (nSPS) is 12.2. The third-order valence-corrected chi connectivity index (χ3v) is 3.28. The lowest BCUT2D eigenvalue weighted by molar-refractivity contribution is 0.621. The minimum absolute atomic E-state index is 0.0284. The van der Waals surface area contributed by atoms with Gasteiger partial charge in [-0.25, -0.2) is 4.39 Å². The van der Waals surface area contributed by atoms with Gasteiger partial charge in [0.2, 0.25) is 0 Å². The number of benzene rings is 1. The number of rotatable bonds is 3. The number of aryl methyl sites for hydroxylation is 1. The lowest BCUT2D eigenvalue weighted by Crippen LogP contribution is -2.11. The first-order valence-corrected chi connectivity index (χ1v) is 6.36. The van der Waals surface area contributed by atoms with Crippen LogP contribution in [-0.2, 0) is 0 Å². The van der Waals surface area contributed by atoms with E-state index in [1.54, 1.807) is 18.5 Å². The van der Waals surface area contributed by atoms with Crippen molar-refractivity contribution in [2.24, 2.45) is 0 Å². The fourth-order valence-corrected chi connectivity index (χ4v) is 1.99. The summed E-state index contributed by atoms with van der Waals surface area (Å²) in [6.45, 7) is 3.87. The Hall–Kier alpha value is -1.49. The van der Waals surface area contributed by atoms with E-state index in [2.05, 4.69) is 31.2 Å². The average molecular weight is 310 g/mol. The number of halogens is 2. The molecule has 1 aromatic heterocycles. The van der Waals surface area contributed by atoms with E-state index in [4.69, 9.17) is 0 Å². The van der Waals surface area contributed by atoms with Gasteiger partial charge in [-0.05, 0) is 48.0 Å². The number of anilines is 1. The summed E-state index contributed by atoms with van der Waals surface area (Å²) in [7, 11) is 0. The highest BCUT2D eigenvalue weighted by atomic mass is 79.9. The highest BCUT2D eigenvalue weighted by molar-refractivity contribution is 9.10. The van der Waals surface area contributed by atoms with Crippen molar-refractivity contribution >= 4 is 21.6 Å². The van der Waals surface area contributed by atoms with Gasteiger partial charge in [-0.1, -0.05) is 0 Å². The Kier molecular flexibility index (Phi) is 3.91. The molecule has 2 aromatic rings. The van der Waals surface area contributed by atoms with Gasteiger partial charge in [0.1, 0.15) is 5.82 Å². The largest absolute Gasteiger partial charge is 0.377 e. The van der Waals surface area contributed by atoms with Crippen LogP contribution in [0.3, 0.4) is 0 Å². The second kappa shape index (κ2) is 5.44. The van der Waals surface area contributed by atoms with Crippen molar-refractivity contribution in [3.63, 3.8) is 0 Å². The van der Waals surface area contributed by atoms with Gasteiger partial charge in [-0.3, -0.25) is 9.97 Å². The molecule has 0 aliphatic carbocycles. The van der Waals surface area contributed by atoms with Gasteiger partial charge < -0.3 is 5.32 Å². The number of nitrogens with zero attached hydrogens (tertiary/aromatic N) is 2. The molecule has 1 aromatic carbocycles. The van der Waals surface area contributed by atoms with E-state index < -0.39 is 0 Å². The summed E-state index contributed by atoms with van der Waals surface area (Å²) in [5, 5.41) is 3.20. The van der Waals surface area contributed by atoms with Crippen LogP contribution >= 0.6 is 15.9 Å². The smallest absolute Gasteiger partial charge is 0.139 e. The monoisotopic (exact) mass is 309 g/mol. The molecule has 0 saturated heterocycles. The number of nitrogens with one attached hydrogen (secondary N) is 1. The molecular weight excluding hydrogens is 297 g/mol. The molecular formula is C13H13BrFN3. The molecule has 0 aliphatic heterocycles. The molecule has 1 heterocycles. The molecule has 0 saturated carbocycles. The first kappa shape index (κ1) is 13.0. The zero-order valence-corrected chi connectivity index (χ0v) is 11.7. The van der Waals surface area contributed by atoms with Crippen LogP contribution in [0.1, 0.15) is 24.4 Å². The molecule has 0 spiro atoms. The first-order chi connectivity index (χ1) is 8.58. The predicted molar refractivity (Wildman–Crippen MR) is 72.9 cm³/mol. The maximum atomic E-state index is 13.4. The maximum absolute atomic E-state index is 13.4. The quantitative estimate of drug-likeness (QED) is 0.935. The summed E-state index contributed by atoms with van der Waals surface area (Å²) < 4.78 is 13.9. The van der Waals surface area contributed by atoms with E-state index in [1.165, 1.54) is 6.07 Å². The molecule has 0 amide bonds. The van der Waals surface area contributed by atoms with E-state index in [-0.39, 0.29) is 11.9 Å². The molecule has 1 unspecified atom stereocenters. The third-order valence-electron chi connectivity index (χ3n) is 2.63. The summed E-state index contributed by atoms with van der Waals surface area (Å²) in [6.07, 6.45) is 3.31. The van der Waals surface area contributed by atoms with Gasteiger partial charge in [0.15, 0.2) is 0 Å². The van der Waals surface area contributed by atoms with Crippen LogP contribution in [0.25, 0.3) is 0 Å². The van der Waals surface area contributed by atoms with Crippen LogP contribution in [0, 0.1) is 12.7 Å². The van der Waals surface area contributed by atoms with Crippen molar-refractivity contribution in [1.82, 2.24) is 9.97 Å². The lowest BCUT2D eigenvalue weighted by Gasteiger charge is -2.16. The van der Waals surface area contributed by atoms with Crippen molar-refractivity contribution in [3.8, 4) is 0 Å². The minimum atomic E-state index is -0.289. The molecule has 94 valence electrons. The van der Waals surface area contributed by atoms with Gasteiger partial charge in [0, 0.05) is 18.1 Å². The van der Waals surface area contributed by atoms with Gasteiger partial charge in [-0.15, -0.1) is 0 Å². The summed E-state index contributed by atoms with van der Waals surface area (Å²) in [6, 6.07) is 4.91. The van der Waals surface area contributed by atoms with Crippen LogP contribution in [0.5, 0.6) is 0 Å². The number of hydrogen-bond donors (Lipinski definition) is 1. The van der Waals surface area contributed by atoms with Gasteiger partial charge in [0.05, 0.1) is 21.9 Å². The summed E-state index contributed by atoms with van der Waals surface area (Å²) in [4.78, 5) is 8.48. The number of hydrogen-bond acceptors (Lipinski definition) is 3. The van der Waals surface area contributed by atoms with Gasteiger partial charge in [-0.2, -0.15) is 0 Å². The molecule has 1 atom stereocenters. The van der Waals surface area contributed by atoms with Crippen molar-refractivity contribution in [1.29, 1.82) is 0 Å². The Morgan fingerprint density at radius 3 is 2.67 bits per heavy atom. The second-order valence-electron chi connectivity index (χ2n) is 4.02. The van der Waals surface area contributed by atoms with E-state index in [9.17, 15) is 4.39 Å². The Balaban J connectivity index is 2.19. The molecule has 2 rings (SSSR count). The van der Waals surface area contributed by atoms with Gasteiger partial charge >= 0.3 is 0 Å². The van der Waals surface area contributed by atoms with Crippen molar-refractivity contribution in [3.05, 3.63) is 52.3 Å². The van der Waals surface area contributed by atoms with Crippen molar-refractivity contribution in [2.45, 2.75) is 19.9 Å². The highest BCUT2D eigenvalue weighted by Gasteiger charge is 2.11. The molecule has 0 radical (unpaired) electrons. The molecule has 3 nitrogen and oxygen atoms in total. The van der Waals surface area contributed by atoms with Crippen LogP contribution < -0.4 is 5.32 Å².